The maximum atomic E-state index is 12.1. The Bertz CT molecular complexity index is 490. The first-order valence-corrected chi connectivity index (χ1v) is 8.09. The fourth-order valence-electron chi connectivity index (χ4n) is 2.58. The van der Waals surface area contributed by atoms with Gasteiger partial charge in [0, 0.05) is 19.0 Å². The molecule has 0 radical (unpaired) electrons. The van der Waals surface area contributed by atoms with E-state index in [-0.39, 0.29) is 6.09 Å². The van der Waals surface area contributed by atoms with Gasteiger partial charge in [-0.25, -0.2) is 4.79 Å². The van der Waals surface area contributed by atoms with E-state index < -0.39 is 5.60 Å². The number of likely N-dealkylation sites (tertiary alicyclic amines) is 1. The molecule has 1 saturated heterocycles. The van der Waals surface area contributed by atoms with E-state index in [1.165, 1.54) is 5.56 Å². The summed E-state index contributed by atoms with van der Waals surface area (Å²) in [6.07, 6.45) is 1.78. The number of nitrogens with zero attached hydrogens (tertiary/aromatic N) is 1. The van der Waals surface area contributed by atoms with Gasteiger partial charge >= 0.3 is 6.09 Å². The van der Waals surface area contributed by atoms with Gasteiger partial charge in [-0.05, 0) is 51.3 Å². The zero-order valence-corrected chi connectivity index (χ0v) is 14.1. The summed E-state index contributed by atoms with van der Waals surface area (Å²) < 4.78 is 11.0. The molecule has 4 nitrogen and oxygen atoms in total. The highest BCUT2D eigenvalue weighted by atomic mass is 16.6. The summed E-state index contributed by atoms with van der Waals surface area (Å²) in [6, 6.07) is 8.24. The van der Waals surface area contributed by atoms with Crippen molar-refractivity contribution in [3.63, 3.8) is 0 Å². The summed E-state index contributed by atoms with van der Waals surface area (Å²) in [5, 5.41) is 0. The summed E-state index contributed by atoms with van der Waals surface area (Å²) in [5.41, 5.74) is 0.822. The molecule has 1 fully saturated rings. The van der Waals surface area contributed by atoms with Crippen molar-refractivity contribution in [3.05, 3.63) is 29.8 Å². The van der Waals surface area contributed by atoms with Crippen LogP contribution in [0.1, 0.15) is 52.0 Å². The molecule has 1 amide bonds. The number of hydrogen-bond donors (Lipinski definition) is 0. The van der Waals surface area contributed by atoms with Gasteiger partial charge in [0.1, 0.15) is 11.4 Å². The minimum absolute atomic E-state index is 0.210. The van der Waals surface area contributed by atoms with Gasteiger partial charge in [-0.2, -0.15) is 0 Å². The smallest absolute Gasteiger partial charge is 0.410 e. The largest absolute Gasteiger partial charge is 0.494 e. The van der Waals surface area contributed by atoms with Crippen molar-refractivity contribution < 1.29 is 14.3 Å². The highest BCUT2D eigenvalue weighted by molar-refractivity contribution is 5.68. The van der Waals surface area contributed by atoms with E-state index in [4.69, 9.17) is 9.47 Å². The molecule has 1 aromatic carbocycles. The molecule has 1 unspecified atom stereocenters. The molecule has 0 spiro atoms. The number of amides is 1. The molecule has 0 bridgehead atoms. The predicted octanol–water partition coefficient (Wildman–Crippen LogP) is 4.20. The Morgan fingerprint density at radius 3 is 2.55 bits per heavy atom. The van der Waals surface area contributed by atoms with Crippen LogP contribution in [-0.2, 0) is 4.74 Å². The lowest BCUT2D eigenvalue weighted by Gasteiger charge is -2.24. The van der Waals surface area contributed by atoms with Crippen molar-refractivity contribution in [1.82, 2.24) is 4.90 Å². The highest BCUT2D eigenvalue weighted by Gasteiger charge is 2.30. The maximum absolute atomic E-state index is 12.1. The molecule has 0 aliphatic carbocycles. The first-order chi connectivity index (χ1) is 10.4. The molecule has 1 aliphatic heterocycles. The third-order valence-electron chi connectivity index (χ3n) is 3.66. The van der Waals surface area contributed by atoms with E-state index in [1.54, 1.807) is 4.90 Å². The van der Waals surface area contributed by atoms with Gasteiger partial charge in [0.25, 0.3) is 0 Å². The monoisotopic (exact) mass is 305 g/mol. The molecule has 1 aromatic rings. The van der Waals surface area contributed by atoms with E-state index in [1.807, 2.05) is 32.9 Å². The average molecular weight is 305 g/mol. The van der Waals surface area contributed by atoms with E-state index >= 15 is 0 Å². The van der Waals surface area contributed by atoms with Crippen LogP contribution in [0.5, 0.6) is 5.75 Å². The standard InChI is InChI=1S/C18H27NO3/c1-5-12-21-16-8-6-14(7-9-16)15-10-11-19(13-15)17(20)22-18(2,3)4/h6-9,15H,5,10-13H2,1-4H3. The molecule has 22 heavy (non-hydrogen) atoms. The van der Waals surface area contributed by atoms with Gasteiger partial charge in [0.2, 0.25) is 0 Å². The molecule has 2 rings (SSSR count). The number of benzene rings is 1. The second kappa shape index (κ2) is 7.03. The van der Waals surface area contributed by atoms with Crippen LogP contribution in [0, 0.1) is 0 Å². The zero-order valence-electron chi connectivity index (χ0n) is 14.1. The lowest BCUT2D eigenvalue weighted by Crippen LogP contribution is -2.35. The minimum atomic E-state index is -0.437. The van der Waals surface area contributed by atoms with Gasteiger partial charge in [0.05, 0.1) is 6.61 Å². The summed E-state index contributed by atoms with van der Waals surface area (Å²) in [4.78, 5) is 13.9. The molecule has 0 aromatic heterocycles. The van der Waals surface area contributed by atoms with Crippen LogP contribution in [0.15, 0.2) is 24.3 Å². The Morgan fingerprint density at radius 2 is 1.95 bits per heavy atom. The van der Waals surface area contributed by atoms with Crippen molar-refractivity contribution in [2.45, 2.75) is 52.1 Å². The fraction of sp³-hybridized carbons (Fsp3) is 0.611. The lowest BCUT2D eigenvalue weighted by atomic mass is 9.98. The van der Waals surface area contributed by atoms with Crippen molar-refractivity contribution >= 4 is 6.09 Å². The Labute approximate surface area is 133 Å². The van der Waals surface area contributed by atoms with Gasteiger partial charge in [-0.15, -0.1) is 0 Å². The number of hydrogen-bond acceptors (Lipinski definition) is 3. The number of carbonyl (C=O) groups is 1. The number of carbonyl (C=O) groups excluding carboxylic acids is 1. The second-order valence-corrected chi connectivity index (χ2v) is 6.83. The van der Waals surface area contributed by atoms with Crippen LogP contribution in [0.4, 0.5) is 4.79 Å². The molecule has 122 valence electrons. The predicted molar refractivity (Wildman–Crippen MR) is 87.4 cm³/mol. The topological polar surface area (TPSA) is 38.8 Å². The van der Waals surface area contributed by atoms with Crippen molar-refractivity contribution in [1.29, 1.82) is 0 Å². The van der Waals surface area contributed by atoms with Gasteiger partial charge < -0.3 is 14.4 Å². The Morgan fingerprint density at radius 1 is 1.27 bits per heavy atom. The Balaban J connectivity index is 1.91. The first kappa shape index (κ1) is 16.7. The lowest BCUT2D eigenvalue weighted by molar-refractivity contribution is 0.0292. The Kier molecular flexibility index (Phi) is 5.33. The molecule has 1 aliphatic rings. The minimum Gasteiger partial charge on any atom is -0.494 e. The molecular weight excluding hydrogens is 278 g/mol. The quantitative estimate of drug-likeness (QED) is 0.837. The summed E-state index contributed by atoms with van der Waals surface area (Å²) in [7, 11) is 0. The van der Waals surface area contributed by atoms with E-state index in [2.05, 4.69) is 19.1 Å². The van der Waals surface area contributed by atoms with Crippen LogP contribution < -0.4 is 4.74 Å². The third-order valence-corrected chi connectivity index (χ3v) is 3.66. The van der Waals surface area contributed by atoms with Crippen LogP contribution in [0.25, 0.3) is 0 Å². The van der Waals surface area contributed by atoms with Gasteiger partial charge in [-0.1, -0.05) is 19.1 Å². The van der Waals surface area contributed by atoms with Gasteiger partial charge in [-0.3, -0.25) is 0 Å². The second-order valence-electron chi connectivity index (χ2n) is 6.83. The molecule has 4 heteroatoms. The van der Waals surface area contributed by atoms with Crippen LogP contribution in [-0.4, -0.2) is 36.3 Å². The average Bonchev–Trinajstić information content (AvgIpc) is 2.94. The van der Waals surface area contributed by atoms with Crippen LogP contribution >= 0.6 is 0 Å². The van der Waals surface area contributed by atoms with Crippen LogP contribution in [0.2, 0.25) is 0 Å². The number of ether oxygens (including phenoxy) is 2. The molecule has 1 atom stereocenters. The third kappa shape index (κ3) is 4.65. The van der Waals surface area contributed by atoms with Crippen LogP contribution in [0.3, 0.4) is 0 Å². The summed E-state index contributed by atoms with van der Waals surface area (Å²) in [6.45, 7) is 10.0. The highest BCUT2D eigenvalue weighted by Crippen LogP contribution is 2.29. The first-order valence-electron chi connectivity index (χ1n) is 8.09. The van der Waals surface area contributed by atoms with Crippen molar-refractivity contribution in [2.24, 2.45) is 0 Å². The number of rotatable bonds is 4. The SMILES string of the molecule is CCCOc1ccc(C2CCN(C(=O)OC(C)(C)C)C2)cc1. The van der Waals surface area contributed by atoms with Crippen molar-refractivity contribution in [3.8, 4) is 5.75 Å². The van der Waals surface area contributed by atoms with E-state index in [0.29, 0.717) is 5.92 Å². The normalized spacial score (nSPS) is 18.4. The van der Waals surface area contributed by atoms with Gasteiger partial charge in [0.15, 0.2) is 0 Å². The van der Waals surface area contributed by atoms with E-state index in [0.717, 1.165) is 38.3 Å². The van der Waals surface area contributed by atoms with Crippen molar-refractivity contribution in [2.75, 3.05) is 19.7 Å². The Hall–Kier alpha value is -1.71. The summed E-state index contributed by atoms with van der Waals surface area (Å²) >= 11 is 0. The zero-order chi connectivity index (χ0) is 16.2. The fourth-order valence-corrected chi connectivity index (χ4v) is 2.58. The van der Waals surface area contributed by atoms with E-state index in [9.17, 15) is 4.79 Å². The maximum Gasteiger partial charge on any atom is 0.410 e. The molecule has 1 heterocycles. The molecular formula is C18H27NO3. The molecule has 0 saturated carbocycles. The molecule has 0 N–H and O–H groups in total. The summed E-state index contributed by atoms with van der Waals surface area (Å²) in [5.74, 6) is 1.29.